The van der Waals surface area contributed by atoms with E-state index >= 15 is 0 Å². The average molecular weight is 361 g/mol. The van der Waals surface area contributed by atoms with E-state index in [9.17, 15) is 0 Å². The van der Waals surface area contributed by atoms with Crippen LogP contribution in [-0.2, 0) is 6.54 Å². The minimum atomic E-state index is 0.537. The van der Waals surface area contributed by atoms with Gasteiger partial charge in [0.1, 0.15) is 0 Å². The minimum absolute atomic E-state index is 0.537. The Hall–Kier alpha value is -2.11. The maximum absolute atomic E-state index is 5.58. The van der Waals surface area contributed by atoms with Gasteiger partial charge in [-0.1, -0.05) is 6.42 Å². The van der Waals surface area contributed by atoms with Gasteiger partial charge >= 0.3 is 0 Å². The Labute approximate surface area is 156 Å². The van der Waals surface area contributed by atoms with Crippen molar-refractivity contribution in [3.8, 4) is 17.2 Å². The number of hydrogen-bond donors (Lipinski definition) is 1. The summed E-state index contributed by atoms with van der Waals surface area (Å²) in [5.41, 5.74) is 1.54. The molecule has 1 aromatic rings. The summed E-state index contributed by atoms with van der Waals surface area (Å²) < 4.78 is 16.4. The zero-order chi connectivity index (χ0) is 18.6. The van der Waals surface area contributed by atoms with Crippen LogP contribution in [0.1, 0.15) is 38.2 Å². The second kappa shape index (κ2) is 8.06. The van der Waals surface area contributed by atoms with Gasteiger partial charge in [-0.15, -0.1) is 0 Å². The summed E-state index contributed by atoms with van der Waals surface area (Å²) in [4.78, 5) is 7.30. The number of benzene rings is 1. The summed E-state index contributed by atoms with van der Waals surface area (Å²) in [5.74, 6) is 2.95. The van der Waals surface area contributed by atoms with Crippen molar-refractivity contribution >= 4 is 5.96 Å². The lowest BCUT2D eigenvalue weighted by Crippen LogP contribution is -2.42. The summed E-state index contributed by atoms with van der Waals surface area (Å²) in [5, 5.41) is 3.45. The molecule has 1 spiro atoms. The molecule has 26 heavy (non-hydrogen) atoms. The van der Waals surface area contributed by atoms with Crippen molar-refractivity contribution in [2.45, 2.75) is 39.2 Å². The molecule has 6 nitrogen and oxygen atoms in total. The van der Waals surface area contributed by atoms with Gasteiger partial charge in [-0.2, -0.15) is 0 Å². The number of nitrogens with one attached hydrogen (secondary N) is 1. The van der Waals surface area contributed by atoms with Gasteiger partial charge in [-0.25, -0.2) is 4.99 Å². The number of ether oxygens (including phenoxy) is 3. The Morgan fingerprint density at radius 2 is 1.88 bits per heavy atom. The number of rotatable bonds is 6. The fraction of sp³-hybridized carbons (Fsp3) is 0.650. The molecular weight excluding hydrogens is 330 g/mol. The van der Waals surface area contributed by atoms with Gasteiger partial charge in [-0.05, 0) is 43.7 Å². The standard InChI is InChI=1S/C20H31N3O3/c1-5-21-19(23-12-11-20(14-23)9-6-10-20)22-13-15-7-8-16(24-2)18(26-4)17(15)25-3/h7-8H,5-6,9-14H2,1-4H3,(H,21,22). The molecule has 0 radical (unpaired) electrons. The normalized spacial score (nSPS) is 18.6. The molecule has 1 aromatic carbocycles. The highest BCUT2D eigenvalue weighted by molar-refractivity contribution is 5.80. The molecule has 1 saturated heterocycles. The zero-order valence-corrected chi connectivity index (χ0v) is 16.4. The van der Waals surface area contributed by atoms with E-state index in [-0.39, 0.29) is 0 Å². The van der Waals surface area contributed by atoms with Crippen molar-refractivity contribution in [3.63, 3.8) is 0 Å². The van der Waals surface area contributed by atoms with Gasteiger partial charge in [0.25, 0.3) is 0 Å². The van der Waals surface area contributed by atoms with E-state index in [1.807, 2.05) is 12.1 Å². The monoisotopic (exact) mass is 361 g/mol. The number of aliphatic imine (C=N–C) groups is 1. The minimum Gasteiger partial charge on any atom is -0.493 e. The predicted octanol–water partition coefficient (Wildman–Crippen LogP) is 3.05. The highest BCUT2D eigenvalue weighted by Gasteiger charge is 2.43. The topological polar surface area (TPSA) is 55.3 Å². The van der Waals surface area contributed by atoms with E-state index in [1.165, 1.54) is 25.7 Å². The Morgan fingerprint density at radius 3 is 2.42 bits per heavy atom. The third kappa shape index (κ3) is 3.55. The smallest absolute Gasteiger partial charge is 0.203 e. The van der Waals surface area contributed by atoms with Gasteiger partial charge in [0.05, 0.1) is 27.9 Å². The van der Waals surface area contributed by atoms with Gasteiger partial charge in [-0.3, -0.25) is 0 Å². The molecule has 0 atom stereocenters. The number of hydrogen-bond acceptors (Lipinski definition) is 4. The molecule has 6 heteroatoms. The highest BCUT2D eigenvalue weighted by atomic mass is 16.5. The fourth-order valence-electron chi connectivity index (χ4n) is 4.07. The van der Waals surface area contributed by atoms with Crippen molar-refractivity contribution in [3.05, 3.63) is 17.7 Å². The van der Waals surface area contributed by atoms with E-state index in [1.54, 1.807) is 21.3 Å². The van der Waals surface area contributed by atoms with Crippen LogP contribution in [0.5, 0.6) is 17.2 Å². The molecule has 144 valence electrons. The highest BCUT2D eigenvalue weighted by Crippen LogP contribution is 2.48. The number of methoxy groups -OCH3 is 3. The first kappa shape index (κ1) is 18.7. The lowest BCUT2D eigenvalue weighted by atomic mass is 9.68. The van der Waals surface area contributed by atoms with Crippen LogP contribution in [0.4, 0.5) is 0 Å². The van der Waals surface area contributed by atoms with Crippen LogP contribution in [-0.4, -0.2) is 51.8 Å². The van der Waals surface area contributed by atoms with Crippen LogP contribution < -0.4 is 19.5 Å². The molecule has 1 heterocycles. The Morgan fingerprint density at radius 1 is 1.12 bits per heavy atom. The second-order valence-corrected chi connectivity index (χ2v) is 7.19. The van der Waals surface area contributed by atoms with Crippen molar-refractivity contribution in [1.29, 1.82) is 0 Å². The van der Waals surface area contributed by atoms with Gasteiger partial charge in [0.2, 0.25) is 5.75 Å². The summed E-state index contributed by atoms with van der Waals surface area (Å²) in [6.45, 7) is 5.74. The number of guanidine groups is 1. The quantitative estimate of drug-likeness (QED) is 0.623. The molecule has 0 bridgehead atoms. The van der Waals surface area contributed by atoms with Crippen molar-refractivity contribution in [2.75, 3.05) is 41.0 Å². The number of nitrogens with zero attached hydrogens (tertiary/aromatic N) is 2. The van der Waals surface area contributed by atoms with Crippen molar-refractivity contribution in [1.82, 2.24) is 10.2 Å². The second-order valence-electron chi connectivity index (χ2n) is 7.19. The predicted molar refractivity (Wildman–Crippen MR) is 103 cm³/mol. The third-order valence-corrected chi connectivity index (χ3v) is 5.67. The number of likely N-dealkylation sites (tertiary alicyclic amines) is 1. The largest absolute Gasteiger partial charge is 0.493 e. The first-order valence-electron chi connectivity index (χ1n) is 9.47. The van der Waals surface area contributed by atoms with E-state index < -0.39 is 0 Å². The van der Waals surface area contributed by atoms with Crippen LogP contribution in [0.2, 0.25) is 0 Å². The molecule has 0 aromatic heterocycles. The van der Waals surface area contributed by atoms with E-state index in [0.717, 1.165) is 31.2 Å². The van der Waals surface area contributed by atoms with E-state index in [4.69, 9.17) is 19.2 Å². The van der Waals surface area contributed by atoms with Gasteiger partial charge < -0.3 is 24.4 Å². The molecule has 1 N–H and O–H groups in total. The van der Waals surface area contributed by atoms with Gasteiger partial charge in [0, 0.05) is 25.2 Å². The maximum Gasteiger partial charge on any atom is 0.203 e. The first-order valence-corrected chi connectivity index (χ1v) is 9.47. The fourth-order valence-corrected chi connectivity index (χ4v) is 4.07. The SMILES string of the molecule is CCNC(=NCc1ccc(OC)c(OC)c1OC)N1CCC2(CCC2)C1. The molecule has 2 aliphatic rings. The summed E-state index contributed by atoms with van der Waals surface area (Å²) >= 11 is 0. The molecule has 1 saturated carbocycles. The lowest BCUT2D eigenvalue weighted by molar-refractivity contribution is 0.151. The molecular formula is C20H31N3O3. The summed E-state index contributed by atoms with van der Waals surface area (Å²) in [7, 11) is 4.90. The molecule has 2 fully saturated rings. The Kier molecular flexibility index (Phi) is 5.79. The van der Waals surface area contributed by atoms with Crippen LogP contribution >= 0.6 is 0 Å². The van der Waals surface area contributed by atoms with E-state index in [0.29, 0.717) is 29.2 Å². The Balaban J connectivity index is 1.79. The first-order chi connectivity index (χ1) is 12.7. The summed E-state index contributed by atoms with van der Waals surface area (Å²) in [6, 6.07) is 3.89. The van der Waals surface area contributed by atoms with Crippen molar-refractivity contribution in [2.24, 2.45) is 10.4 Å². The molecule has 1 aliphatic carbocycles. The van der Waals surface area contributed by atoms with Gasteiger partial charge in [0.15, 0.2) is 17.5 Å². The van der Waals surface area contributed by atoms with Crippen LogP contribution in [0.25, 0.3) is 0 Å². The average Bonchev–Trinajstić information content (AvgIpc) is 3.10. The van der Waals surface area contributed by atoms with Crippen molar-refractivity contribution < 1.29 is 14.2 Å². The lowest BCUT2D eigenvalue weighted by Gasteiger charge is -2.38. The third-order valence-electron chi connectivity index (χ3n) is 5.67. The molecule has 0 unspecified atom stereocenters. The van der Waals surface area contributed by atoms with Crippen LogP contribution in [0, 0.1) is 5.41 Å². The summed E-state index contributed by atoms with van der Waals surface area (Å²) in [6.07, 6.45) is 5.40. The van der Waals surface area contributed by atoms with Crippen LogP contribution in [0.3, 0.4) is 0 Å². The molecule has 0 amide bonds. The molecule has 1 aliphatic heterocycles. The Bertz CT molecular complexity index is 656. The van der Waals surface area contributed by atoms with E-state index in [2.05, 4.69) is 17.1 Å². The zero-order valence-electron chi connectivity index (χ0n) is 16.4. The van der Waals surface area contributed by atoms with Crippen LogP contribution in [0.15, 0.2) is 17.1 Å². The maximum atomic E-state index is 5.58. The molecule has 3 rings (SSSR count).